The topological polar surface area (TPSA) is 81.9 Å². The summed E-state index contributed by atoms with van der Waals surface area (Å²) in [6, 6.07) is 8.78. The number of likely N-dealkylation sites (tertiary alicyclic amines) is 1. The molecule has 0 radical (unpaired) electrons. The zero-order valence-corrected chi connectivity index (χ0v) is 14.5. The molecule has 6 heteroatoms. The third-order valence-electron chi connectivity index (χ3n) is 3.87. The van der Waals surface area contributed by atoms with Gasteiger partial charge in [0.05, 0.1) is 0 Å². The molecule has 1 fully saturated rings. The lowest BCUT2D eigenvalue weighted by atomic mass is 10.00. The lowest BCUT2D eigenvalue weighted by Gasteiger charge is -2.25. The molecule has 24 heavy (non-hydrogen) atoms. The minimum atomic E-state index is -0.726. The summed E-state index contributed by atoms with van der Waals surface area (Å²) in [5, 5.41) is 0. The Kier molecular flexibility index (Phi) is 5.83. The molecular formula is C18H26N2O4. The van der Waals surface area contributed by atoms with Crippen LogP contribution in [0.25, 0.3) is 0 Å². The molecule has 1 aliphatic rings. The Balaban J connectivity index is 1.81. The molecule has 1 aromatic rings. The van der Waals surface area contributed by atoms with E-state index in [1.807, 2.05) is 30.3 Å². The average Bonchev–Trinajstić information content (AvgIpc) is 3.01. The van der Waals surface area contributed by atoms with E-state index in [1.165, 1.54) is 0 Å². The molecular weight excluding hydrogens is 308 g/mol. The van der Waals surface area contributed by atoms with E-state index >= 15 is 0 Å². The standard InChI is InChI=1S/C18H26N2O4/c1-18(2,3)24-16(21)15(19)14-9-10-20(11-14)17(22)23-12-13-7-5-4-6-8-13/h4-8,14-15H,9-12,19H2,1-3H3/t14-,15?/m0/s1. The zero-order chi connectivity index (χ0) is 17.7. The molecule has 1 saturated heterocycles. The maximum absolute atomic E-state index is 12.1. The number of hydrogen-bond acceptors (Lipinski definition) is 5. The van der Waals surface area contributed by atoms with Crippen molar-refractivity contribution < 1.29 is 19.1 Å². The van der Waals surface area contributed by atoms with Gasteiger partial charge in [0.15, 0.2) is 0 Å². The summed E-state index contributed by atoms with van der Waals surface area (Å²) in [5.74, 6) is -0.531. The summed E-state index contributed by atoms with van der Waals surface area (Å²) < 4.78 is 10.6. The van der Waals surface area contributed by atoms with E-state index in [1.54, 1.807) is 25.7 Å². The van der Waals surface area contributed by atoms with Gasteiger partial charge in [0, 0.05) is 19.0 Å². The summed E-state index contributed by atoms with van der Waals surface area (Å²) in [4.78, 5) is 25.8. The van der Waals surface area contributed by atoms with Gasteiger partial charge in [-0.15, -0.1) is 0 Å². The van der Waals surface area contributed by atoms with Gasteiger partial charge in [-0.1, -0.05) is 30.3 Å². The van der Waals surface area contributed by atoms with E-state index in [0.717, 1.165) is 5.56 Å². The Bertz CT molecular complexity index is 568. The first-order valence-corrected chi connectivity index (χ1v) is 8.20. The molecule has 6 nitrogen and oxygen atoms in total. The first kappa shape index (κ1) is 18.3. The number of benzene rings is 1. The fraction of sp³-hybridized carbons (Fsp3) is 0.556. The van der Waals surface area contributed by atoms with Crippen LogP contribution in [0.2, 0.25) is 0 Å². The predicted octanol–water partition coefficient (Wildman–Crippen LogP) is 2.31. The molecule has 1 aromatic carbocycles. The summed E-state index contributed by atoms with van der Waals surface area (Å²) in [7, 11) is 0. The minimum absolute atomic E-state index is 0.107. The Morgan fingerprint density at radius 2 is 1.96 bits per heavy atom. The van der Waals surface area contributed by atoms with Crippen molar-refractivity contribution in [1.82, 2.24) is 4.90 Å². The van der Waals surface area contributed by atoms with Crippen LogP contribution in [0.3, 0.4) is 0 Å². The van der Waals surface area contributed by atoms with Gasteiger partial charge in [0.25, 0.3) is 0 Å². The van der Waals surface area contributed by atoms with Crippen LogP contribution in [-0.4, -0.2) is 41.7 Å². The number of nitrogens with zero attached hydrogens (tertiary/aromatic N) is 1. The molecule has 1 aliphatic heterocycles. The van der Waals surface area contributed by atoms with Crippen molar-refractivity contribution in [2.75, 3.05) is 13.1 Å². The molecule has 0 spiro atoms. The zero-order valence-electron chi connectivity index (χ0n) is 14.5. The molecule has 0 aliphatic carbocycles. The Morgan fingerprint density at radius 1 is 1.29 bits per heavy atom. The van der Waals surface area contributed by atoms with Gasteiger partial charge in [-0.3, -0.25) is 4.79 Å². The monoisotopic (exact) mass is 334 g/mol. The highest BCUT2D eigenvalue weighted by Crippen LogP contribution is 2.22. The van der Waals surface area contributed by atoms with Crippen LogP contribution in [0.1, 0.15) is 32.8 Å². The van der Waals surface area contributed by atoms with E-state index < -0.39 is 17.6 Å². The SMILES string of the molecule is CC(C)(C)OC(=O)C(N)[C@H]1CCN(C(=O)OCc2ccccc2)C1. The highest BCUT2D eigenvalue weighted by atomic mass is 16.6. The molecule has 132 valence electrons. The number of hydrogen-bond donors (Lipinski definition) is 1. The van der Waals surface area contributed by atoms with Crippen LogP contribution in [0, 0.1) is 5.92 Å². The number of carbonyl (C=O) groups excluding carboxylic acids is 2. The number of nitrogens with two attached hydrogens (primary N) is 1. The Morgan fingerprint density at radius 3 is 2.58 bits per heavy atom. The fourth-order valence-corrected chi connectivity index (χ4v) is 2.62. The Labute approximate surface area is 142 Å². The maximum atomic E-state index is 12.1. The van der Waals surface area contributed by atoms with Crippen molar-refractivity contribution >= 4 is 12.1 Å². The molecule has 0 saturated carbocycles. The summed E-state index contributed by atoms with van der Waals surface area (Å²) in [6.45, 7) is 6.60. The third-order valence-corrected chi connectivity index (χ3v) is 3.87. The van der Waals surface area contributed by atoms with Gasteiger partial charge in [-0.05, 0) is 32.8 Å². The highest BCUT2D eigenvalue weighted by molar-refractivity contribution is 5.76. The summed E-state index contributed by atoms with van der Waals surface area (Å²) in [5.41, 5.74) is 6.37. The largest absolute Gasteiger partial charge is 0.459 e. The molecule has 1 heterocycles. The van der Waals surface area contributed by atoms with Crippen LogP contribution in [-0.2, 0) is 20.9 Å². The minimum Gasteiger partial charge on any atom is -0.459 e. The second-order valence-corrected chi connectivity index (χ2v) is 7.09. The first-order valence-electron chi connectivity index (χ1n) is 8.20. The van der Waals surface area contributed by atoms with Crippen molar-refractivity contribution in [3.63, 3.8) is 0 Å². The van der Waals surface area contributed by atoms with Gasteiger partial charge in [0.2, 0.25) is 0 Å². The fourth-order valence-electron chi connectivity index (χ4n) is 2.62. The predicted molar refractivity (Wildman–Crippen MR) is 90.1 cm³/mol. The Hall–Kier alpha value is -2.08. The second-order valence-electron chi connectivity index (χ2n) is 7.09. The van der Waals surface area contributed by atoms with Crippen molar-refractivity contribution in [2.24, 2.45) is 11.7 Å². The lowest BCUT2D eigenvalue weighted by molar-refractivity contribution is -0.157. The van der Waals surface area contributed by atoms with E-state index in [9.17, 15) is 9.59 Å². The molecule has 1 unspecified atom stereocenters. The van der Waals surface area contributed by atoms with Gasteiger partial charge >= 0.3 is 12.1 Å². The number of esters is 1. The summed E-state index contributed by atoms with van der Waals surface area (Å²) in [6.07, 6.45) is 0.290. The van der Waals surface area contributed by atoms with Gasteiger partial charge in [0.1, 0.15) is 18.2 Å². The van der Waals surface area contributed by atoms with Gasteiger partial charge in [-0.2, -0.15) is 0 Å². The van der Waals surface area contributed by atoms with E-state index in [-0.39, 0.29) is 18.6 Å². The van der Waals surface area contributed by atoms with Crippen LogP contribution in [0.15, 0.2) is 30.3 Å². The number of carbonyl (C=O) groups is 2. The second kappa shape index (κ2) is 7.66. The molecule has 2 N–H and O–H groups in total. The van der Waals surface area contributed by atoms with Crippen molar-refractivity contribution in [1.29, 1.82) is 0 Å². The van der Waals surface area contributed by atoms with Gasteiger partial charge in [-0.25, -0.2) is 4.79 Å². The third kappa shape index (κ3) is 5.23. The van der Waals surface area contributed by atoms with Crippen molar-refractivity contribution in [3.8, 4) is 0 Å². The molecule has 1 amide bonds. The quantitative estimate of drug-likeness (QED) is 0.855. The number of amides is 1. The van der Waals surface area contributed by atoms with Crippen molar-refractivity contribution in [3.05, 3.63) is 35.9 Å². The van der Waals surface area contributed by atoms with Crippen LogP contribution < -0.4 is 5.73 Å². The molecule has 0 aromatic heterocycles. The highest BCUT2D eigenvalue weighted by Gasteiger charge is 2.36. The number of rotatable bonds is 4. The lowest BCUT2D eigenvalue weighted by Crippen LogP contribution is -2.44. The average molecular weight is 334 g/mol. The first-order chi connectivity index (χ1) is 11.3. The molecule has 2 rings (SSSR count). The van der Waals surface area contributed by atoms with E-state index in [2.05, 4.69) is 0 Å². The van der Waals surface area contributed by atoms with E-state index in [4.69, 9.17) is 15.2 Å². The van der Waals surface area contributed by atoms with Crippen molar-refractivity contribution in [2.45, 2.75) is 45.4 Å². The van der Waals surface area contributed by atoms with Crippen LogP contribution >= 0.6 is 0 Å². The normalized spacial score (nSPS) is 19.0. The number of ether oxygens (including phenoxy) is 2. The van der Waals surface area contributed by atoms with E-state index in [0.29, 0.717) is 19.5 Å². The van der Waals surface area contributed by atoms with Crippen LogP contribution in [0.4, 0.5) is 4.79 Å². The smallest absolute Gasteiger partial charge is 0.410 e. The van der Waals surface area contributed by atoms with Crippen LogP contribution in [0.5, 0.6) is 0 Å². The summed E-state index contributed by atoms with van der Waals surface area (Å²) >= 11 is 0. The van der Waals surface area contributed by atoms with Gasteiger partial charge < -0.3 is 20.1 Å². The maximum Gasteiger partial charge on any atom is 0.410 e. The molecule has 2 atom stereocenters. The molecule has 0 bridgehead atoms.